The van der Waals surface area contributed by atoms with Crippen LogP contribution < -0.4 is 0 Å². The highest BCUT2D eigenvalue weighted by molar-refractivity contribution is 9.25. The van der Waals surface area contributed by atoms with Crippen molar-refractivity contribution < 1.29 is 8.85 Å². The Bertz CT molecular complexity index is 249. The molecule has 0 unspecified atom stereocenters. The highest BCUT2D eigenvalue weighted by Crippen LogP contribution is 2.19. The van der Waals surface area contributed by atoms with Crippen molar-refractivity contribution in [3.8, 4) is 0 Å². The van der Waals surface area contributed by atoms with Gasteiger partial charge in [0.25, 0.3) is 0 Å². The normalized spacial score (nSPS) is 11.6. The van der Waals surface area contributed by atoms with E-state index in [0.29, 0.717) is 0 Å². The van der Waals surface area contributed by atoms with Gasteiger partial charge in [-0.3, -0.25) is 0 Å². The molecule has 0 aliphatic carbocycles. The quantitative estimate of drug-likeness (QED) is 0.612. The average Bonchev–Trinajstić information content (AvgIpc) is 2.19. The van der Waals surface area contributed by atoms with Crippen molar-refractivity contribution in [3.05, 3.63) is 35.9 Å². The van der Waals surface area contributed by atoms with Crippen molar-refractivity contribution in [2.24, 2.45) is 0 Å². The van der Waals surface area contributed by atoms with Gasteiger partial charge in [-0.05, 0) is 5.56 Å². The minimum atomic E-state index is -2.13. The lowest BCUT2D eigenvalue weighted by Gasteiger charge is -2.19. The van der Waals surface area contributed by atoms with Crippen LogP contribution in [0.3, 0.4) is 0 Å². The second-order valence-electron chi connectivity index (χ2n) is 2.73. The van der Waals surface area contributed by atoms with E-state index < -0.39 is 7.18 Å². The summed E-state index contributed by atoms with van der Waals surface area (Å²) in [6.07, 6.45) is 0. The third kappa shape index (κ3) is 3.23. The molecule has 1 rings (SSSR count). The first-order valence-corrected chi connectivity index (χ1v) is 8.31. The fourth-order valence-electron chi connectivity index (χ4n) is 1.07. The van der Waals surface area contributed by atoms with Gasteiger partial charge in [0.05, 0.1) is 0 Å². The lowest BCUT2D eigenvalue weighted by Crippen LogP contribution is -2.35. The molecule has 0 atom stereocenters. The fourth-order valence-corrected chi connectivity index (χ4v) is 3.22. The van der Waals surface area contributed by atoms with Gasteiger partial charge >= 0.3 is 7.18 Å². The van der Waals surface area contributed by atoms with Gasteiger partial charge in [0.2, 0.25) is 0 Å². The third-order valence-electron chi connectivity index (χ3n) is 1.87. The second-order valence-corrected chi connectivity index (χ2v) is 8.85. The van der Waals surface area contributed by atoms with Crippen LogP contribution in [0.5, 0.6) is 0 Å². The van der Waals surface area contributed by atoms with Crippen LogP contribution in [0.2, 0.25) is 0 Å². The molecular formula is C9H13BrO2Si. The van der Waals surface area contributed by atoms with Crippen molar-refractivity contribution >= 4 is 22.5 Å². The molecule has 1 aromatic rings. The van der Waals surface area contributed by atoms with Crippen LogP contribution in [-0.4, -0.2) is 21.4 Å². The Balaban J connectivity index is 2.68. The molecule has 0 bridgehead atoms. The zero-order chi connectivity index (χ0) is 9.73. The van der Waals surface area contributed by atoms with Crippen molar-refractivity contribution in [1.82, 2.24) is 0 Å². The maximum atomic E-state index is 5.32. The van der Waals surface area contributed by atoms with Crippen LogP contribution in [0.4, 0.5) is 0 Å². The van der Waals surface area contributed by atoms with E-state index in [2.05, 4.69) is 27.4 Å². The molecule has 72 valence electrons. The summed E-state index contributed by atoms with van der Waals surface area (Å²) in [6.45, 7) is 0. The molecule has 0 aromatic heterocycles. The number of benzene rings is 1. The van der Waals surface area contributed by atoms with Gasteiger partial charge in [0, 0.05) is 20.3 Å². The zero-order valence-electron chi connectivity index (χ0n) is 7.79. The lowest BCUT2D eigenvalue weighted by atomic mass is 10.2. The Morgan fingerprint density at radius 2 is 1.69 bits per heavy atom. The van der Waals surface area contributed by atoms with E-state index in [1.807, 2.05) is 18.2 Å². The van der Waals surface area contributed by atoms with Gasteiger partial charge in [0.15, 0.2) is 0 Å². The summed E-state index contributed by atoms with van der Waals surface area (Å²) in [5.41, 5.74) is 1.23. The Labute approximate surface area is 87.7 Å². The minimum absolute atomic E-state index is 0.820. The summed E-state index contributed by atoms with van der Waals surface area (Å²) >= 11 is 3.51. The van der Waals surface area contributed by atoms with E-state index in [-0.39, 0.29) is 0 Å². The van der Waals surface area contributed by atoms with E-state index in [1.165, 1.54) is 5.56 Å². The Morgan fingerprint density at radius 1 is 1.15 bits per heavy atom. The maximum absolute atomic E-state index is 5.32. The molecule has 0 aliphatic rings. The Kier molecular flexibility index (Phi) is 4.12. The van der Waals surface area contributed by atoms with Gasteiger partial charge in [-0.2, -0.15) is 0 Å². The summed E-state index contributed by atoms with van der Waals surface area (Å²) in [5, 5.41) is 0. The standard InChI is InChI=1S/C9H13BrO2Si/c1-11-13(10,12-2)8-9-6-4-3-5-7-9/h3-7H,8H2,1-2H3. The molecule has 4 heteroatoms. The third-order valence-corrected chi connectivity index (χ3v) is 6.70. The summed E-state index contributed by atoms with van der Waals surface area (Å²) in [6, 6.07) is 11.0. The Morgan fingerprint density at radius 3 is 2.15 bits per heavy atom. The van der Waals surface area contributed by atoms with E-state index in [0.717, 1.165) is 6.04 Å². The smallest absolute Gasteiger partial charge is 0.390 e. The largest absolute Gasteiger partial charge is 0.418 e. The molecule has 0 radical (unpaired) electrons. The molecule has 0 heterocycles. The predicted molar refractivity (Wildman–Crippen MR) is 58.8 cm³/mol. The van der Waals surface area contributed by atoms with E-state index in [9.17, 15) is 0 Å². The lowest BCUT2D eigenvalue weighted by molar-refractivity contribution is 0.269. The molecule has 0 saturated carbocycles. The van der Waals surface area contributed by atoms with E-state index in [4.69, 9.17) is 8.85 Å². The molecule has 0 fully saturated rings. The van der Waals surface area contributed by atoms with Crippen LogP contribution in [0, 0.1) is 0 Å². The van der Waals surface area contributed by atoms with Gasteiger partial charge in [-0.15, -0.1) is 0 Å². The summed E-state index contributed by atoms with van der Waals surface area (Å²) < 4.78 is 10.6. The SMILES string of the molecule is CO[Si](Br)(Cc1ccccc1)OC. The van der Waals surface area contributed by atoms with Gasteiger partial charge in [0.1, 0.15) is 0 Å². The fraction of sp³-hybridized carbons (Fsp3) is 0.333. The van der Waals surface area contributed by atoms with Crippen molar-refractivity contribution in [1.29, 1.82) is 0 Å². The average molecular weight is 261 g/mol. The van der Waals surface area contributed by atoms with Gasteiger partial charge in [-0.25, -0.2) is 0 Å². The van der Waals surface area contributed by atoms with Crippen molar-refractivity contribution in [3.63, 3.8) is 0 Å². The van der Waals surface area contributed by atoms with E-state index >= 15 is 0 Å². The number of rotatable bonds is 4. The van der Waals surface area contributed by atoms with E-state index in [1.54, 1.807) is 14.2 Å². The molecule has 13 heavy (non-hydrogen) atoms. The summed E-state index contributed by atoms with van der Waals surface area (Å²) in [4.78, 5) is 0. The Hall–Kier alpha value is -0.163. The second kappa shape index (κ2) is 4.90. The minimum Gasteiger partial charge on any atom is -0.390 e. The van der Waals surface area contributed by atoms with Gasteiger partial charge < -0.3 is 8.85 Å². The molecule has 0 spiro atoms. The molecule has 2 nitrogen and oxygen atoms in total. The summed E-state index contributed by atoms with van der Waals surface area (Å²) in [7, 11) is 1.22. The predicted octanol–water partition coefficient (Wildman–Crippen LogP) is 2.39. The number of hydrogen-bond acceptors (Lipinski definition) is 2. The molecule has 0 aliphatic heterocycles. The highest BCUT2D eigenvalue weighted by Gasteiger charge is 2.32. The molecule has 0 amide bonds. The van der Waals surface area contributed by atoms with Crippen LogP contribution in [-0.2, 0) is 14.9 Å². The van der Waals surface area contributed by atoms with Crippen molar-refractivity contribution in [2.75, 3.05) is 14.2 Å². The van der Waals surface area contributed by atoms with Gasteiger partial charge in [-0.1, -0.05) is 45.6 Å². The van der Waals surface area contributed by atoms with Crippen LogP contribution in [0.25, 0.3) is 0 Å². The molecule has 0 N–H and O–H groups in total. The number of halogens is 1. The first-order valence-electron chi connectivity index (χ1n) is 4.03. The topological polar surface area (TPSA) is 18.5 Å². The monoisotopic (exact) mass is 260 g/mol. The molecule has 1 aromatic carbocycles. The van der Waals surface area contributed by atoms with Crippen LogP contribution in [0.15, 0.2) is 30.3 Å². The van der Waals surface area contributed by atoms with Crippen molar-refractivity contribution in [2.45, 2.75) is 6.04 Å². The zero-order valence-corrected chi connectivity index (χ0v) is 10.4. The number of hydrogen-bond donors (Lipinski definition) is 0. The highest BCUT2D eigenvalue weighted by atomic mass is 79.9. The molecular weight excluding hydrogens is 248 g/mol. The van der Waals surface area contributed by atoms with Crippen LogP contribution in [0.1, 0.15) is 5.56 Å². The maximum Gasteiger partial charge on any atom is 0.418 e. The first kappa shape index (κ1) is 10.9. The van der Waals surface area contributed by atoms with Crippen LogP contribution >= 0.6 is 15.3 Å². The molecule has 0 saturated heterocycles. The summed E-state index contributed by atoms with van der Waals surface area (Å²) in [5.74, 6) is 0. The first-order chi connectivity index (χ1) is 6.20.